The van der Waals surface area contributed by atoms with E-state index in [2.05, 4.69) is 10.5 Å². The summed E-state index contributed by atoms with van der Waals surface area (Å²) in [6.45, 7) is 2.00. The van der Waals surface area contributed by atoms with Crippen LogP contribution in [-0.4, -0.2) is 28.8 Å². The van der Waals surface area contributed by atoms with E-state index in [0.29, 0.717) is 35.8 Å². The molecule has 1 heterocycles. The lowest BCUT2D eigenvalue weighted by Gasteiger charge is -2.12. The Hall–Kier alpha value is -4.55. The normalized spacial score (nSPS) is 11.4. The van der Waals surface area contributed by atoms with Crippen molar-refractivity contribution >= 4 is 23.6 Å². The van der Waals surface area contributed by atoms with E-state index in [1.165, 1.54) is 18.3 Å². The highest BCUT2D eigenvalue weighted by Crippen LogP contribution is 2.35. The molecule has 0 bridgehead atoms. The number of rotatable bonds is 10. The molecule has 13 heteroatoms. The lowest BCUT2D eigenvalue weighted by Crippen LogP contribution is -2.06. The molecule has 0 unspecified atom stereocenters. The molecule has 3 rings (SSSR count). The third-order valence-electron chi connectivity index (χ3n) is 4.43. The number of halogens is 3. The summed E-state index contributed by atoms with van der Waals surface area (Å²) < 4.78 is 54.8. The second-order valence-electron chi connectivity index (χ2n) is 6.86. The van der Waals surface area contributed by atoms with Crippen LogP contribution in [0.15, 0.2) is 58.0 Å². The van der Waals surface area contributed by atoms with E-state index in [1.54, 1.807) is 25.1 Å². The Labute approximate surface area is 195 Å². The molecular formula is C22H18F3N3O7. The van der Waals surface area contributed by atoms with Crippen LogP contribution in [-0.2, 0) is 12.8 Å². The number of carboxylic acids is 1. The number of hydrogen-bond donors (Lipinski definition) is 2. The van der Waals surface area contributed by atoms with Crippen molar-refractivity contribution < 1.29 is 41.9 Å². The van der Waals surface area contributed by atoms with Crippen molar-refractivity contribution in [1.29, 1.82) is 0 Å². The van der Waals surface area contributed by atoms with E-state index in [-0.39, 0.29) is 23.8 Å². The molecule has 10 nitrogen and oxygen atoms in total. The first-order chi connectivity index (χ1) is 16.6. The quantitative estimate of drug-likeness (QED) is 0.220. The van der Waals surface area contributed by atoms with Crippen LogP contribution in [0.2, 0.25) is 0 Å². The maximum absolute atomic E-state index is 12.8. The predicted octanol–water partition coefficient (Wildman–Crippen LogP) is 5.33. The Kier molecular flexibility index (Phi) is 7.59. The van der Waals surface area contributed by atoms with Gasteiger partial charge < -0.3 is 19.0 Å². The zero-order valence-corrected chi connectivity index (χ0v) is 18.0. The van der Waals surface area contributed by atoms with Gasteiger partial charge in [-0.1, -0.05) is 0 Å². The lowest BCUT2D eigenvalue weighted by molar-refractivity contribution is -0.384. The molecule has 184 valence electrons. The topological polar surface area (TPSA) is 136 Å². The number of nitro groups is 1. The van der Waals surface area contributed by atoms with Crippen LogP contribution in [0.4, 0.5) is 24.5 Å². The molecule has 0 aliphatic heterocycles. The fourth-order valence-corrected chi connectivity index (χ4v) is 2.84. The molecule has 0 spiro atoms. The molecule has 0 aliphatic carbocycles. The van der Waals surface area contributed by atoms with Gasteiger partial charge in [0.2, 0.25) is 5.76 Å². The number of hydrogen-bond acceptors (Lipinski definition) is 8. The summed E-state index contributed by atoms with van der Waals surface area (Å²) in [6.07, 6.45) is -3.43. The minimum atomic E-state index is -4.72. The monoisotopic (exact) mass is 493 g/mol. The first-order valence-corrected chi connectivity index (χ1v) is 9.95. The van der Waals surface area contributed by atoms with Gasteiger partial charge >= 0.3 is 12.1 Å². The minimum absolute atomic E-state index is 0.0556. The van der Waals surface area contributed by atoms with E-state index in [9.17, 15) is 28.1 Å². The lowest BCUT2D eigenvalue weighted by atomic mass is 10.1. The van der Waals surface area contributed by atoms with Gasteiger partial charge in [0, 0.05) is 6.07 Å². The molecule has 0 saturated heterocycles. The number of benzene rings is 2. The highest BCUT2D eigenvalue weighted by atomic mass is 19.4. The van der Waals surface area contributed by atoms with Crippen molar-refractivity contribution in [3.05, 3.63) is 81.3 Å². The second-order valence-corrected chi connectivity index (χ2v) is 6.86. The van der Waals surface area contributed by atoms with Gasteiger partial charge in [0.25, 0.3) is 5.69 Å². The fraction of sp³-hybridized carbons (Fsp3) is 0.182. The van der Waals surface area contributed by atoms with Gasteiger partial charge in [0.05, 0.1) is 23.3 Å². The average molecular weight is 493 g/mol. The van der Waals surface area contributed by atoms with Crippen molar-refractivity contribution in [3.63, 3.8) is 0 Å². The highest BCUT2D eigenvalue weighted by Gasteiger charge is 2.33. The summed E-state index contributed by atoms with van der Waals surface area (Å²) in [5, 5.41) is 23.9. The highest BCUT2D eigenvalue weighted by molar-refractivity contribution is 5.84. The number of nitrogens with one attached hydrogen (secondary N) is 1. The second kappa shape index (κ2) is 10.6. The maximum atomic E-state index is 12.8. The van der Waals surface area contributed by atoms with Crippen LogP contribution in [0.25, 0.3) is 0 Å². The van der Waals surface area contributed by atoms with Crippen molar-refractivity contribution in [2.24, 2.45) is 5.10 Å². The number of ether oxygens (including phenoxy) is 2. The van der Waals surface area contributed by atoms with E-state index in [1.807, 2.05) is 0 Å². The summed E-state index contributed by atoms with van der Waals surface area (Å²) in [4.78, 5) is 21.1. The van der Waals surface area contributed by atoms with Crippen LogP contribution in [0.5, 0.6) is 11.5 Å². The number of aromatic carboxylic acids is 1. The van der Waals surface area contributed by atoms with Gasteiger partial charge in [-0.2, -0.15) is 18.3 Å². The Morgan fingerprint density at radius 2 is 1.94 bits per heavy atom. The van der Waals surface area contributed by atoms with Crippen LogP contribution in [0, 0.1) is 10.1 Å². The summed E-state index contributed by atoms with van der Waals surface area (Å²) >= 11 is 0. The van der Waals surface area contributed by atoms with Gasteiger partial charge in [0.15, 0.2) is 11.5 Å². The summed E-state index contributed by atoms with van der Waals surface area (Å²) in [7, 11) is 0. The maximum Gasteiger partial charge on any atom is 0.416 e. The van der Waals surface area contributed by atoms with Crippen LogP contribution in [0.3, 0.4) is 0 Å². The van der Waals surface area contributed by atoms with E-state index >= 15 is 0 Å². The van der Waals surface area contributed by atoms with Gasteiger partial charge in [-0.3, -0.25) is 15.5 Å². The molecule has 1 aromatic heterocycles. The molecule has 0 fully saturated rings. The predicted molar refractivity (Wildman–Crippen MR) is 117 cm³/mol. The first-order valence-electron chi connectivity index (χ1n) is 9.95. The molecular weight excluding hydrogens is 475 g/mol. The van der Waals surface area contributed by atoms with Gasteiger partial charge in [-0.25, -0.2) is 4.79 Å². The zero-order valence-electron chi connectivity index (χ0n) is 18.0. The number of carboxylic acid groups (broad SMARTS) is 1. The Morgan fingerprint density at radius 3 is 2.57 bits per heavy atom. The molecule has 0 atom stereocenters. The molecule has 0 aliphatic rings. The Bertz CT molecular complexity index is 1260. The first kappa shape index (κ1) is 25.1. The van der Waals surface area contributed by atoms with Crippen molar-refractivity contribution in [2.75, 3.05) is 12.0 Å². The zero-order chi connectivity index (χ0) is 25.6. The van der Waals surface area contributed by atoms with Crippen LogP contribution >= 0.6 is 0 Å². The smallest absolute Gasteiger partial charge is 0.416 e. The molecule has 3 aromatic rings. The van der Waals surface area contributed by atoms with Gasteiger partial charge in [-0.15, -0.1) is 0 Å². The van der Waals surface area contributed by atoms with Gasteiger partial charge in [0.1, 0.15) is 18.1 Å². The number of anilines is 1. The Morgan fingerprint density at radius 1 is 1.17 bits per heavy atom. The van der Waals surface area contributed by atoms with Crippen molar-refractivity contribution in [1.82, 2.24) is 0 Å². The van der Waals surface area contributed by atoms with Crippen LogP contribution < -0.4 is 14.9 Å². The van der Waals surface area contributed by atoms with E-state index in [0.717, 1.165) is 6.07 Å². The van der Waals surface area contributed by atoms with E-state index < -0.39 is 28.3 Å². The Balaban J connectivity index is 1.73. The molecule has 35 heavy (non-hydrogen) atoms. The number of carbonyl (C=O) groups is 1. The molecule has 2 N–H and O–H groups in total. The number of furan rings is 1. The largest absolute Gasteiger partial charge is 0.490 e. The molecule has 0 saturated carbocycles. The van der Waals surface area contributed by atoms with Crippen molar-refractivity contribution in [3.8, 4) is 11.5 Å². The molecule has 0 amide bonds. The third kappa shape index (κ3) is 6.50. The van der Waals surface area contributed by atoms with Gasteiger partial charge in [-0.05, 0) is 55.0 Å². The summed E-state index contributed by atoms with van der Waals surface area (Å²) in [5.74, 6) is -0.463. The SMILES string of the molecule is CCOc1cc(C=NNc2ccc(C(F)(F)F)cc2[N+](=O)[O-])ccc1OCc1ccc(C(=O)O)o1. The molecule has 0 radical (unpaired) electrons. The van der Waals surface area contributed by atoms with E-state index in [4.69, 9.17) is 19.0 Å². The molecule has 2 aromatic carbocycles. The third-order valence-corrected chi connectivity index (χ3v) is 4.43. The number of nitrogens with zero attached hydrogens (tertiary/aromatic N) is 2. The average Bonchev–Trinajstić information content (AvgIpc) is 3.27. The standard InChI is InChI=1S/C22H18F3N3O7/c1-2-33-20-9-13(3-7-18(20)34-12-15-5-8-19(35-15)21(29)30)11-26-27-16-6-4-14(22(23,24)25)10-17(16)28(31)32/h3-11,27H,2,12H2,1H3,(H,29,30). The number of alkyl halides is 3. The fourth-order valence-electron chi connectivity index (χ4n) is 2.84. The number of nitro benzene ring substituents is 1. The van der Waals surface area contributed by atoms with Crippen molar-refractivity contribution in [2.45, 2.75) is 19.7 Å². The van der Waals surface area contributed by atoms with Crippen LogP contribution in [0.1, 0.15) is 34.4 Å². The summed E-state index contributed by atoms with van der Waals surface area (Å²) in [5.41, 5.74) is 0.723. The number of hydrazone groups is 1. The summed E-state index contributed by atoms with van der Waals surface area (Å²) in [6, 6.07) is 9.55. The minimum Gasteiger partial charge on any atom is -0.490 e.